The number of allylic oxidation sites excluding steroid dienone is 4. The Hall–Kier alpha value is -2.20. The lowest BCUT2D eigenvalue weighted by molar-refractivity contribution is -0.149. The number of aliphatic carboxylic acids is 1. The summed E-state index contributed by atoms with van der Waals surface area (Å²) >= 11 is 0. The summed E-state index contributed by atoms with van der Waals surface area (Å²) in [5, 5.41) is 10.5. The molecule has 2 N–H and O–H groups in total. The van der Waals surface area contributed by atoms with E-state index in [2.05, 4.69) is 10.1 Å². The Balaban J connectivity index is 2.68. The largest absolute Gasteiger partial charge is 0.474 e. The number of amides is 1. The van der Waals surface area contributed by atoms with Crippen LogP contribution in [0.3, 0.4) is 0 Å². The number of carbonyl (C=O) groups excluding carboxylic acids is 1. The average molecular weight is 193 g/mol. The van der Waals surface area contributed by atoms with Gasteiger partial charge < -0.3 is 16.0 Å². The number of nitrogens with zero attached hydrogens (tertiary/aromatic N) is 2. The van der Waals surface area contributed by atoms with Crippen molar-refractivity contribution in [2.45, 2.75) is 6.42 Å². The van der Waals surface area contributed by atoms with Gasteiger partial charge in [-0.1, -0.05) is 6.08 Å². The molecule has 0 heterocycles. The van der Waals surface area contributed by atoms with Gasteiger partial charge in [0.2, 0.25) is 0 Å². The van der Waals surface area contributed by atoms with E-state index < -0.39 is 11.9 Å². The smallest absolute Gasteiger partial charge is 0.394 e. The number of carbonyl (C=O) groups is 2. The number of carboxylic acids is 1. The van der Waals surface area contributed by atoms with Crippen LogP contribution in [0.15, 0.2) is 23.9 Å². The van der Waals surface area contributed by atoms with Crippen molar-refractivity contribution in [3.63, 3.8) is 0 Å². The molecule has 1 aliphatic rings. The topological polar surface area (TPSA) is 103 Å². The summed E-state index contributed by atoms with van der Waals surface area (Å²) in [6.07, 6.45) is 4.84. The molecule has 0 fully saturated rings. The molecule has 0 bridgehead atoms. The van der Waals surface area contributed by atoms with Gasteiger partial charge in [-0.25, -0.2) is 4.79 Å². The van der Waals surface area contributed by atoms with Gasteiger partial charge in [0.05, 0.1) is 6.42 Å². The van der Waals surface area contributed by atoms with Crippen molar-refractivity contribution in [1.82, 2.24) is 5.32 Å². The molecule has 72 valence electrons. The molecule has 0 saturated heterocycles. The first-order chi connectivity index (χ1) is 6.63. The van der Waals surface area contributed by atoms with E-state index in [1.54, 1.807) is 12.2 Å². The van der Waals surface area contributed by atoms with Crippen LogP contribution >= 0.6 is 0 Å². The maximum absolute atomic E-state index is 10.7. The van der Waals surface area contributed by atoms with Crippen LogP contribution in [0.2, 0.25) is 0 Å². The van der Waals surface area contributed by atoms with Gasteiger partial charge in [0.15, 0.2) is 0 Å². The molecule has 6 nitrogen and oxygen atoms in total. The van der Waals surface area contributed by atoms with Crippen molar-refractivity contribution >= 4 is 17.6 Å². The maximum atomic E-state index is 10.7. The van der Waals surface area contributed by atoms with Crippen LogP contribution in [0.5, 0.6) is 0 Å². The van der Waals surface area contributed by atoms with Crippen molar-refractivity contribution in [2.75, 3.05) is 0 Å². The lowest BCUT2D eigenvalue weighted by Gasteiger charge is -2.05. The zero-order valence-electron chi connectivity index (χ0n) is 7.10. The minimum Gasteiger partial charge on any atom is -0.474 e. The average Bonchev–Trinajstić information content (AvgIpc) is 2.18. The minimum absolute atomic E-state index is 0.200. The van der Waals surface area contributed by atoms with Gasteiger partial charge in [-0.05, 0) is 6.08 Å². The van der Waals surface area contributed by atoms with Gasteiger partial charge >= 0.3 is 11.9 Å². The highest BCUT2D eigenvalue weighted by Gasteiger charge is 2.17. The molecule has 1 rings (SSSR count). The number of carboxylic acid groups (broad SMARTS) is 1. The maximum Gasteiger partial charge on any atom is 0.394 e. The number of hydrogen-bond acceptors (Lipinski definition) is 2. The first kappa shape index (κ1) is 9.88. The highest BCUT2D eigenvalue weighted by molar-refractivity contribution is 6.32. The molecule has 0 spiro atoms. The van der Waals surface area contributed by atoms with Crippen LogP contribution in [0.25, 0.3) is 5.53 Å². The zero-order chi connectivity index (χ0) is 10.6. The van der Waals surface area contributed by atoms with Crippen LogP contribution in [-0.4, -0.2) is 27.5 Å². The summed E-state index contributed by atoms with van der Waals surface area (Å²) in [5.74, 6) is -2.66. The molecular weight excluding hydrogens is 186 g/mol. The molecule has 0 aromatic heterocycles. The predicted octanol–water partition coefficient (Wildman–Crippen LogP) is -0.298. The predicted molar refractivity (Wildman–Crippen MR) is 46.2 cm³/mol. The normalized spacial score (nSPS) is 14.3. The standard InChI is InChI=1S/C8H7N3O3/c9-11-6-3-1-2-5(4-6)10-7(12)8(13)14/h1-3H,4H2,(H,10,12)(H,13,14). The Kier molecular flexibility index (Phi) is 2.93. The molecule has 14 heavy (non-hydrogen) atoms. The quantitative estimate of drug-likeness (QED) is 0.339. The second kappa shape index (κ2) is 4.15. The summed E-state index contributed by atoms with van der Waals surface area (Å²) in [4.78, 5) is 23.9. The molecule has 0 aromatic carbocycles. The molecule has 1 amide bonds. The Morgan fingerprint density at radius 3 is 2.86 bits per heavy atom. The summed E-state index contributed by atoms with van der Waals surface area (Å²) in [7, 11) is 0. The van der Waals surface area contributed by atoms with E-state index in [9.17, 15) is 9.59 Å². The van der Waals surface area contributed by atoms with Gasteiger partial charge in [0.25, 0.3) is 5.71 Å². The van der Waals surface area contributed by atoms with E-state index in [4.69, 9.17) is 10.6 Å². The summed E-state index contributed by atoms with van der Waals surface area (Å²) in [6, 6.07) is 0. The summed E-state index contributed by atoms with van der Waals surface area (Å²) in [5.41, 5.74) is 9.17. The SMILES string of the molecule is [N-]=[N+]=C1C=CC=C(NC(=O)C(=O)O)C1. The molecular formula is C8H7N3O3. The molecule has 0 aliphatic heterocycles. The summed E-state index contributed by atoms with van der Waals surface area (Å²) in [6.45, 7) is 0. The number of nitrogens with one attached hydrogen (secondary N) is 1. The fraction of sp³-hybridized carbons (Fsp3) is 0.125. The van der Waals surface area contributed by atoms with Crippen LogP contribution in [0.1, 0.15) is 6.42 Å². The van der Waals surface area contributed by atoms with E-state index in [0.29, 0.717) is 11.4 Å². The van der Waals surface area contributed by atoms with Gasteiger partial charge in [-0.15, -0.1) is 0 Å². The second-order valence-corrected chi connectivity index (χ2v) is 2.58. The molecule has 6 heteroatoms. The van der Waals surface area contributed by atoms with Crippen molar-refractivity contribution in [1.29, 1.82) is 0 Å². The van der Waals surface area contributed by atoms with E-state index in [1.807, 2.05) is 0 Å². The van der Waals surface area contributed by atoms with Crippen LogP contribution < -0.4 is 5.32 Å². The fourth-order valence-corrected chi connectivity index (χ4v) is 0.942. The fourth-order valence-electron chi connectivity index (χ4n) is 0.942. The number of hydrogen-bond donors (Lipinski definition) is 2. The van der Waals surface area contributed by atoms with Crippen LogP contribution in [-0.2, 0) is 9.59 Å². The highest BCUT2D eigenvalue weighted by atomic mass is 16.4. The van der Waals surface area contributed by atoms with E-state index in [1.165, 1.54) is 6.08 Å². The Bertz CT molecular complexity index is 389. The van der Waals surface area contributed by atoms with Crippen LogP contribution in [0, 0.1) is 0 Å². The van der Waals surface area contributed by atoms with Crippen molar-refractivity contribution in [3.8, 4) is 0 Å². The van der Waals surface area contributed by atoms with Gasteiger partial charge in [0, 0.05) is 11.8 Å². The molecule has 0 saturated carbocycles. The first-order valence-electron chi connectivity index (χ1n) is 3.76. The Morgan fingerprint density at radius 1 is 1.57 bits per heavy atom. The third-order valence-corrected chi connectivity index (χ3v) is 1.55. The molecule has 0 atom stereocenters. The van der Waals surface area contributed by atoms with E-state index in [0.717, 1.165) is 0 Å². The highest BCUT2D eigenvalue weighted by Crippen LogP contribution is 2.05. The third-order valence-electron chi connectivity index (χ3n) is 1.55. The molecule has 0 radical (unpaired) electrons. The zero-order valence-corrected chi connectivity index (χ0v) is 7.10. The Labute approximate surface area is 79.2 Å². The minimum atomic E-state index is -1.55. The monoisotopic (exact) mass is 193 g/mol. The lowest BCUT2D eigenvalue weighted by atomic mass is 10.1. The first-order valence-corrected chi connectivity index (χ1v) is 3.76. The second-order valence-electron chi connectivity index (χ2n) is 2.58. The van der Waals surface area contributed by atoms with Crippen molar-refractivity contribution in [3.05, 3.63) is 29.5 Å². The van der Waals surface area contributed by atoms with Crippen molar-refractivity contribution < 1.29 is 19.5 Å². The third kappa shape index (κ3) is 2.40. The molecule has 1 aliphatic carbocycles. The van der Waals surface area contributed by atoms with Crippen LogP contribution in [0.4, 0.5) is 0 Å². The summed E-state index contributed by atoms with van der Waals surface area (Å²) < 4.78 is 0. The number of rotatable bonds is 1. The van der Waals surface area contributed by atoms with E-state index in [-0.39, 0.29) is 6.42 Å². The molecule has 0 unspecified atom stereocenters. The van der Waals surface area contributed by atoms with E-state index >= 15 is 0 Å². The van der Waals surface area contributed by atoms with Gasteiger partial charge in [0.1, 0.15) is 0 Å². The van der Waals surface area contributed by atoms with Crippen molar-refractivity contribution in [2.24, 2.45) is 0 Å². The Morgan fingerprint density at radius 2 is 2.29 bits per heavy atom. The molecule has 0 aromatic rings. The lowest BCUT2D eigenvalue weighted by Crippen LogP contribution is -2.31. The van der Waals surface area contributed by atoms with Gasteiger partial charge in [-0.2, -0.15) is 4.79 Å². The van der Waals surface area contributed by atoms with Gasteiger partial charge in [-0.3, -0.25) is 4.79 Å².